The summed E-state index contributed by atoms with van der Waals surface area (Å²) in [7, 11) is 0. The predicted molar refractivity (Wildman–Crippen MR) is 97.3 cm³/mol. The van der Waals surface area contributed by atoms with Crippen molar-refractivity contribution in [2.75, 3.05) is 26.4 Å². The molecule has 0 fully saturated rings. The summed E-state index contributed by atoms with van der Waals surface area (Å²) in [6, 6.07) is 12.1. The molecule has 0 aliphatic rings. The third kappa shape index (κ3) is 5.17. The Kier molecular flexibility index (Phi) is 6.94. The van der Waals surface area contributed by atoms with Crippen molar-refractivity contribution < 1.29 is 14.2 Å². The van der Waals surface area contributed by atoms with Crippen LogP contribution in [0.5, 0.6) is 17.2 Å². The summed E-state index contributed by atoms with van der Waals surface area (Å²) < 4.78 is 17.3. The molecule has 24 heavy (non-hydrogen) atoms. The van der Waals surface area contributed by atoms with Crippen molar-refractivity contribution >= 4 is 0 Å². The summed E-state index contributed by atoms with van der Waals surface area (Å²) in [6.07, 6.45) is 0.829. The fraction of sp³-hybridized carbons (Fsp3) is 0.400. The number of ether oxygens (including phenoxy) is 3. The highest BCUT2D eigenvalue weighted by atomic mass is 16.5. The molecule has 2 aromatic carbocycles. The van der Waals surface area contributed by atoms with Gasteiger partial charge in [-0.3, -0.25) is 0 Å². The summed E-state index contributed by atoms with van der Waals surface area (Å²) in [4.78, 5) is 0. The summed E-state index contributed by atoms with van der Waals surface area (Å²) in [5.41, 5.74) is 9.08. The topological polar surface area (TPSA) is 53.7 Å². The fourth-order valence-corrected chi connectivity index (χ4v) is 2.43. The van der Waals surface area contributed by atoms with Crippen LogP contribution in [0.3, 0.4) is 0 Å². The first-order valence-electron chi connectivity index (χ1n) is 8.42. The van der Waals surface area contributed by atoms with E-state index in [4.69, 9.17) is 19.9 Å². The monoisotopic (exact) mass is 329 g/mol. The Labute approximate surface area is 144 Å². The minimum atomic E-state index is 0.462. The van der Waals surface area contributed by atoms with Gasteiger partial charge in [-0.05, 0) is 68.6 Å². The van der Waals surface area contributed by atoms with E-state index in [1.54, 1.807) is 0 Å². The number of hydrogen-bond donors (Lipinski definition) is 1. The Morgan fingerprint density at radius 2 is 1.58 bits per heavy atom. The van der Waals surface area contributed by atoms with Crippen LogP contribution in [0.1, 0.15) is 23.6 Å². The molecule has 0 spiro atoms. The van der Waals surface area contributed by atoms with Crippen LogP contribution >= 0.6 is 0 Å². The molecule has 130 valence electrons. The van der Waals surface area contributed by atoms with E-state index in [0.717, 1.165) is 34.8 Å². The summed E-state index contributed by atoms with van der Waals surface area (Å²) in [5, 5.41) is 0. The third-order valence-electron chi connectivity index (χ3n) is 3.68. The predicted octanol–water partition coefficient (Wildman–Crippen LogP) is 3.66. The normalized spacial score (nSPS) is 10.5. The lowest BCUT2D eigenvalue weighted by atomic mass is 10.1. The molecule has 2 N–H and O–H groups in total. The molecule has 0 radical (unpaired) electrons. The van der Waals surface area contributed by atoms with E-state index >= 15 is 0 Å². The molecular formula is C20H27NO3. The van der Waals surface area contributed by atoms with Gasteiger partial charge in [-0.2, -0.15) is 0 Å². The van der Waals surface area contributed by atoms with Gasteiger partial charge in [-0.1, -0.05) is 18.2 Å². The van der Waals surface area contributed by atoms with E-state index in [1.807, 2.05) is 38.1 Å². The molecule has 0 amide bonds. The van der Waals surface area contributed by atoms with Gasteiger partial charge in [0.2, 0.25) is 0 Å². The lowest BCUT2D eigenvalue weighted by molar-refractivity contribution is 0.207. The van der Waals surface area contributed by atoms with Gasteiger partial charge >= 0.3 is 0 Å². The minimum absolute atomic E-state index is 0.462. The van der Waals surface area contributed by atoms with E-state index in [-0.39, 0.29) is 0 Å². The lowest BCUT2D eigenvalue weighted by Gasteiger charge is -2.14. The zero-order valence-electron chi connectivity index (χ0n) is 14.8. The molecule has 2 aromatic rings. The first-order chi connectivity index (χ1) is 11.6. The molecule has 4 nitrogen and oxygen atoms in total. The van der Waals surface area contributed by atoms with Crippen LogP contribution in [0.25, 0.3) is 0 Å². The van der Waals surface area contributed by atoms with E-state index in [1.165, 1.54) is 5.56 Å². The van der Waals surface area contributed by atoms with Crippen molar-refractivity contribution in [3.63, 3.8) is 0 Å². The molecule has 0 saturated heterocycles. The smallest absolute Gasteiger partial charge is 0.161 e. The minimum Gasteiger partial charge on any atom is -0.490 e. The SMILES string of the molecule is CCOc1cc(CCN)ccc1OCCOc1cc(C)ccc1C. The second kappa shape index (κ2) is 9.18. The van der Waals surface area contributed by atoms with Crippen LogP contribution in [-0.2, 0) is 6.42 Å². The van der Waals surface area contributed by atoms with Crippen molar-refractivity contribution in [2.24, 2.45) is 5.73 Å². The number of hydrogen-bond acceptors (Lipinski definition) is 4. The molecule has 0 atom stereocenters. The van der Waals surface area contributed by atoms with Crippen molar-refractivity contribution in [3.8, 4) is 17.2 Å². The molecule has 0 aliphatic heterocycles. The zero-order valence-corrected chi connectivity index (χ0v) is 14.8. The first-order valence-corrected chi connectivity index (χ1v) is 8.42. The molecule has 0 bridgehead atoms. The van der Waals surface area contributed by atoms with E-state index < -0.39 is 0 Å². The maximum Gasteiger partial charge on any atom is 0.161 e. The van der Waals surface area contributed by atoms with Crippen LogP contribution in [-0.4, -0.2) is 26.4 Å². The van der Waals surface area contributed by atoms with Crippen LogP contribution in [0.15, 0.2) is 36.4 Å². The van der Waals surface area contributed by atoms with Crippen LogP contribution in [0, 0.1) is 13.8 Å². The van der Waals surface area contributed by atoms with Crippen molar-refractivity contribution in [1.29, 1.82) is 0 Å². The molecule has 0 aliphatic carbocycles. The number of nitrogens with two attached hydrogens (primary N) is 1. The van der Waals surface area contributed by atoms with Crippen molar-refractivity contribution in [1.82, 2.24) is 0 Å². The number of rotatable bonds is 9. The standard InChI is InChI=1S/C20H27NO3/c1-4-22-20-14-17(9-10-21)7-8-18(20)23-11-12-24-19-13-15(2)5-6-16(19)3/h5-8,13-14H,4,9-12,21H2,1-3H3. The second-order valence-electron chi connectivity index (χ2n) is 5.72. The molecule has 0 saturated carbocycles. The summed E-state index contributed by atoms with van der Waals surface area (Å²) in [6.45, 7) is 8.23. The van der Waals surface area contributed by atoms with Crippen LogP contribution in [0.4, 0.5) is 0 Å². The van der Waals surface area contributed by atoms with Crippen LogP contribution in [0.2, 0.25) is 0 Å². The van der Waals surface area contributed by atoms with Gasteiger partial charge in [0.15, 0.2) is 11.5 Å². The van der Waals surface area contributed by atoms with Gasteiger partial charge < -0.3 is 19.9 Å². The maximum absolute atomic E-state index is 5.83. The van der Waals surface area contributed by atoms with Gasteiger partial charge in [0.05, 0.1) is 6.61 Å². The van der Waals surface area contributed by atoms with Gasteiger partial charge in [0.25, 0.3) is 0 Å². The highest BCUT2D eigenvalue weighted by molar-refractivity contribution is 5.43. The van der Waals surface area contributed by atoms with Crippen molar-refractivity contribution in [2.45, 2.75) is 27.2 Å². The van der Waals surface area contributed by atoms with Gasteiger partial charge in [-0.25, -0.2) is 0 Å². The Morgan fingerprint density at radius 3 is 2.29 bits per heavy atom. The largest absolute Gasteiger partial charge is 0.490 e. The quantitative estimate of drug-likeness (QED) is 0.713. The molecule has 2 rings (SSSR count). The Morgan fingerprint density at radius 1 is 0.833 bits per heavy atom. The van der Waals surface area contributed by atoms with E-state index in [2.05, 4.69) is 19.1 Å². The number of aryl methyl sites for hydroxylation is 2. The summed E-state index contributed by atoms with van der Waals surface area (Å²) in [5.74, 6) is 2.40. The van der Waals surface area contributed by atoms with Gasteiger partial charge in [0, 0.05) is 0 Å². The Hall–Kier alpha value is -2.20. The highest BCUT2D eigenvalue weighted by Crippen LogP contribution is 2.28. The second-order valence-corrected chi connectivity index (χ2v) is 5.72. The van der Waals surface area contributed by atoms with E-state index in [0.29, 0.717) is 26.4 Å². The summed E-state index contributed by atoms with van der Waals surface area (Å²) >= 11 is 0. The van der Waals surface area contributed by atoms with Gasteiger partial charge in [0.1, 0.15) is 19.0 Å². The third-order valence-corrected chi connectivity index (χ3v) is 3.68. The first kappa shape index (κ1) is 18.1. The van der Waals surface area contributed by atoms with E-state index in [9.17, 15) is 0 Å². The Balaban J connectivity index is 1.92. The average molecular weight is 329 g/mol. The Bertz CT molecular complexity index is 655. The van der Waals surface area contributed by atoms with Crippen LogP contribution < -0.4 is 19.9 Å². The number of benzene rings is 2. The van der Waals surface area contributed by atoms with Gasteiger partial charge in [-0.15, -0.1) is 0 Å². The maximum atomic E-state index is 5.83. The highest BCUT2D eigenvalue weighted by Gasteiger charge is 2.07. The fourth-order valence-electron chi connectivity index (χ4n) is 2.43. The molecule has 0 unspecified atom stereocenters. The molecule has 4 heteroatoms. The lowest BCUT2D eigenvalue weighted by Crippen LogP contribution is -2.11. The molecule has 0 aromatic heterocycles. The average Bonchev–Trinajstić information content (AvgIpc) is 2.57. The molecular weight excluding hydrogens is 302 g/mol. The van der Waals surface area contributed by atoms with Crippen molar-refractivity contribution in [3.05, 3.63) is 53.1 Å². The molecule has 0 heterocycles. The zero-order chi connectivity index (χ0) is 17.4.